The molecule has 2 aliphatic heterocycles. The topological polar surface area (TPSA) is 62.7 Å². The molecule has 1 aromatic heterocycles. The molecule has 1 saturated heterocycles. The number of carbonyl (C=O) groups is 1. The summed E-state index contributed by atoms with van der Waals surface area (Å²) in [4.78, 5) is 19.4. The monoisotopic (exact) mass is 364 g/mol. The molecule has 4 rings (SSSR count). The van der Waals surface area contributed by atoms with Crippen molar-refractivity contribution in [3.05, 3.63) is 58.6 Å². The Morgan fingerprint density at radius 1 is 1.41 bits per heavy atom. The number of fused-ring (bicyclic) bond motifs is 1. The smallest absolute Gasteiger partial charge is 0.232 e. The average Bonchev–Trinajstić information content (AvgIpc) is 2.97. The molecule has 0 saturated carbocycles. The number of likely N-dealkylation sites (tertiary alicyclic amines) is 1. The predicted molar refractivity (Wildman–Crippen MR) is 104 cm³/mol. The number of ketones is 1. The SMILES string of the molecule is Cc1cc(O)c(CN2CCCC[C@H]2C)c2c1C(=O)/C(=C/c1cccnc1)O2. The van der Waals surface area contributed by atoms with Crippen LogP contribution in [0.4, 0.5) is 0 Å². The Morgan fingerprint density at radius 3 is 3.00 bits per heavy atom. The van der Waals surface area contributed by atoms with Gasteiger partial charge in [-0.15, -0.1) is 0 Å². The number of aryl methyl sites for hydroxylation is 1. The lowest BCUT2D eigenvalue weighted by atomic mass is 9.97. The minimum absolute atomic E-state index is 0.140. The van der Waals surface area contributed by atoms with Crippen LogP contribution in [-0.2, 0) is 6.54 Å². The maximum atomic E-state index is 12.9. The standard InChI is InChI=1S/C22H24N2O3/c1-14-10-18(25)17(13-24-9-4-3-6-15(24)2)22-20(14)21(26)19(27-22)11-16-7-5-8-23-12-16/h5,7-8,10-12,15,25H,3-4,6,9,13H2,1-2H3/b19-11-/t15-/m1/s1. The molecule has 1 fully saturated rings. The summed E-state index contributed by atoms with van der Waals surface area (Å²) >= 11 is 0. The zero-order valence-corrected chi connectivity index (χ0v) is 15.7. The number of phenols is 1. The van der Waals surface area contributed by atoms with Gasteiger partial charge in [-0.2, -0.15) is 0 Å². The molecule has 1 aromatic carbocycles. The molecule has 3 heterocycles. The van der Waals surface area contributed by atoms with Crippen molar-refractivity contribution < 1.29 is 14.6 Å². The van der Waals surface area contributed by atoms with Crippen molar-refractivity contribution in [1.82, 2.24) is 9.88 Å². The van der Waals surface area contributed by atoms with Crippen LogP contribution in [0.5, 0.6) is 11.5 Å². The molecule has 1 N–H and O–H groups in total. The quantitative estimate of drug-likeness (QED) is 0.831. The first kappa shape index (κ1) is 17.7. The van der Waals surface area contributed by atoms with Crippen molar-refractivity contribution in [3.8, 4) is 11.5 Å². The Kier molecular flexibility index (Phi) is 4.70. The second kappa shape index (κ2) is 7.16. The summed E-state index contributed by atoms with van der Waals surface area (Å²) in [5.41, 5.74) is 2.80. The summed E-state index contributed by atoms with van der Waals surface area (Å²) in [6.07, 6.45) is 8.63. The fourth-order valence-electron chi connectivity index (χ4n) is 3.94. The molecule has 0 spiro atoms. The number of piperidine rings is 1. The number of ether oxygens (including phenoxy) is 1. The van der Waals surface area contributed by atoms with E-state index in [-0.39, 0.29) is 17.3 Å². The van der Waals surface area contributed by atoms with E-state index >= 15 is 0 Å². The summed E-state index contributed by atoms with van der Waals surface area (Å²) in [6.45, 7) is 5.63. The molecule has 27 heavy (non-hydrogen) atoms. The lowest BCUT2D eigenvalue weighted by molar-refractivity contribution is 0.101. The number of carbonyl (C=O) groups excluding carboxylic acids is 1. The van der Waals surface area contributed by atoms with E-state index in [1.165, 1.54) is 6.42 Å². The van der Waals surface area contributed by atoms with Crippen molar-refractivity contribution in [1.29, 1.82) is 0 Å². The van der Waals surface area contributed by atoms with Crippen LogP contribution in [0.1, 0.15) is 53.2 Å². The Hall–Kier alpha value is -2.66. The van der Waals surface area contributed by atoms with E-state index in [9.17, 15) is 9.90 Å². The number of Topliss-reactive ketones (excluding diaryl/α,β-unsaturated/α-hetero) is 1. The molecule has 2 aromatic rings. The van der Waals surface area contributed by atoms with Gasteiger partial charge in [0, 0.05) is 25.0 Å². The van der Waals surface area contributed by atoms with E-state index in [1.807, 2.05) is 19.1 Å². The third-order valence-corrected chi connectivity index (χ3v) is 5.50. The minimum atomic E-state index is -0.140. The molecule has 0 unspecified atom stereocenters. The highest BCUT2D eigenvalue weighted by molar-refractivity contribution is 6.15. The third kappa shape index (κ3) is 3.35. The van der Waals surface area contributed by atoms with Gasteiger partial charge in [0.1, 0.15) is 11.5 Å². The first-order chi connectivity index (χ1) is 13.0. The molecule has 5 nitrogen and oxygen atoms in total. The van der Waals surface area contributed by atoms with Crippen molar-refractivity contribution in [2.24, 2.45) is 0 Å². The van der Waals surface area contributed by atoms with Crippen LogP contribution >= 0.6 is 0 Å². The summed E-state index contributed by atoms with van der Waals surface area (Å²) in [6, 6.07) is 5.83. The maximum absolute atomic E-state index is 12.9. The van der Waals surface area contributed by atoms with Gasteiger partial charge in [0.15, 0.2) is 5.76 Å². The van der Waals surface area contributed by atoms with E-state index in [4.69, 9.17) is 4.74 Å². The summed E-state index contributed by atoms with van der Waals surface area (Å²) in [7, 11) is 0. The van der Waals surface area contributed by atoms with Gasteiger partial charge in [0.25, 0.3) is 0 Å². The van der Waals surface area contributed by atoms with Gasteiger partial charge in [0.2, 0.25) is 5.78 Å². The number of rotatable bonds is 3. The number of hydrogen-bond donors (Lipinski definition) is 1. The summed E-state index contributed by atoms with van der Waals surface area (Å²) in [5.74, 6) is 0.837. The number of nitrogens with zero attached hydrogens (tertiary/aromatic N) is 2. The lowest BCUT2D eigenvalue weighted by Gasteiger charge is -2.33. The van der Waals surface area contributed by atoms with Gasteiger partial charge in [-0.3, -0.25) is 14.7 Å². The van der Waals surface area contributed by atoms with Crippen molar-refractivity contribution in [3.63, 3.8) is 0 Å². The highest BCUT2D eigenvalue weighted by Crippen LogP contribution is 2.42. The van der Waals surface area contributed by atoms with Gasteiger partial charge in [-0.25, -0.2) is 0 Å². The van der Waals surface area contributed by atoms with Crippen LogP contribution in [0.2, 0.25) is 0 Å². The van der Waals surface area contributed by atoms with E-state index in [0.717, 1.165) is 30.5 Å². The number of hydrogen-bond acceptors (Lipinski definition) is 5. The van der Waals surface area contributed by atoms with Crippen LogP contribution in [0.25, 0.3) is 6.08 Å². The first-order valence-electron chi connectivity index (χ1n) is 9.48. The number of aromatic nitrogens is 1. The molecule has 0 amide bonds. The molecule has 0 radical (unpaired) electrons. The number of phenolic OH excluding ortho intramolecular Hbond substituents is 1. The maximum Gasteiger partial charge on any atom is 0.232 e. The Bertz CT molecular complexity index is 906. The van der Waals surface area contributed by atoms with Crippen LogP contribution in [0, 0.1) is 6.92 Å². The molecular weight excluding hydrogens is 340 g/mol. The van der Waals surface area contributed by atoms with Gasteiger partial charge in [-0.1, -0.05) is 12.5 Å². The largest absolute Gasteiger partial charge is 0.507 e. The van der Waals surface area contributed by atoms with Gasteiger partial charge >= 0.3 is 0 Å². The molecule has 140 valence electrons. The molecule has 5 heteroatoms. The van der Waals surface area contributed by atoms with Crippen molar-refractivity contribution in [2.45, 2.75) is 45.7 Å². The number of allylic oxidation sites excluding steroid dienone is 1. The summed E-state index contributed by atoms with van der Waals surface area (Å²) < 4.78 is 5.99. The highest BCUT2D eigenvalue weighted by atomic mass is 16.5. The van der Waals surface area contributed by atoms with Crippen LogP contribution in [0.3, 0.4) is 0 Å². The fraction of sp³-hybridized carbons (Fsp3) is 0.364. The third-order valence-electron chi connectivity index (χ3n) is 5.50. The normalized spacial score (nSPS) is 21.3. The van der Waals surface area contributed by atoms with Crippen molar-refractivity contribution in [2.75, 3.05) is 6.54 Å². The number of benzene rings is 1. The zero-order valence-electron chi connectivity index (χ0n) is 15.7. The van der Waals surface area contributed by atoms with Crippen LogP contribution in [0.15, 0.2) is 36.4 Å². The number of pyridine rings is 1. The molecule has 0 aliphatic carbocycles. The first-order valence-corrected chi connectivity index (χ1v) is 9.48. The van der Waals surface area contributed by atoms with Gasteiger partial charge in [0.05, 0.1) is 11.1 Å². The molecular formula is C22H24N2O3. The second-order valence-electron chi connectivity index (χ2n) is 7.44. The molecule has 0 bridgehead atoms. The highest BCUT2D eigenvalue weighted by Gasteiger charge is 2.34. The molecule has 1 atom stereocenters. The Balaban J connectivity index is 1.71. The van der Waals surface area contributed by atoms with Crippen LogP contribution < -0.4 is 4.74 Å². The predicted octanol–water partition coefficient (Wildman–Crippen LogP) is 4.09. The van der Waals surface area contributed by atoms with E-state index in [1.54, 1.807) is 24.5 Å². The van der Waals surface area contributed by atoms with Crippen molar-refractivity contribution >= 4 is 11.9 Å². The second-order valence-corrected chi connectivity index (χ2v) is 7.44. The Labute approximate surface area is 159 Å². The number of aromatic hydroxyl groups is 1. The van der Waals surface area contributed by atoms with Crippen LogP contribution in [-0.4, -0.2) is 33.4 Å². The summed E-state index contributed by atoms with van der Waals surface area (Å²) in [5, 5.41) is 10.6. The molecule has 2 aliphatic rings. The average molecular weight is 364 g/mol. The lowest BCUT2D eigenvalue weighted by Crippen LogP contribution is -2.36. The van der Waals surface area contributed by atoms with E-state index < -0.39 is 0 Å². The fourth-order valence-corrected chi connectivity index (χ4v) is 3.94. The van der Waals surface area contributed by atoms with Gasteiger partial charge in [-0.05, 0) is 62.6 Å². The van der Waals surface area contributed by atoms with E-state index in [0.29, 0.717) is 29.5 Å². The van der Waals surface area contributed by atoms with E-state index in [2.05, 4.69) is 16.8 Å². The Morgan fingerprint density at radius 2 is 2.26 bits per heavy atom. The zero-order chi connectivity index (χ0) is 19.0. The minimum Gasteiger partial charge on any atom is -0.507 e. The van der Waals surface area contributed by atoms with Gasteiger partial charge < -0.3 is 9.84 Å².